The van der Waals surface area contributed by atoms with Crippen LogP contribution in [0.1, 0.15) is 21.7 Å². The van der Waals surface area contributed by atoms with E-state index in [1.54, 1.807) is 12.2 Å². The SMILES string of the molecule is C=CCn1c(/C=C(\OC(=O)c2ccc([N+](=O)[O-])cc2)c2ccc([N+](=O)[O-])cc2)nc2ccccc21. The first-order valence-electron chi connectivity index (χ1n) is 10.4. The molecule has 3 aromatic carbocycles. The van der Waals surface area contributed by atoms with Gasteiger partial charge in [-0.15, -0.1) is 6.58 Å². The summed E-state index contributed by atoms with van der Waals surface area (Å²) in [5.74, 6) is -0.171. The molecule has 0 amide bonds. The largest absolute Gasteiger partial charge is 0.422 e. The van der Waals surface area contributed by atoms with Gasteiger partial charge in [0.2, 0.25) is 0 Å². The van der Waals surface area contributed by atoms with Crippen LogP contribution in [0.25, 0.3) is 22.9 Å². The number of benzene rings is 3. The van der Waals surface area contributed by atoms with Gasteiger partial charge in [0, 0.05) is 42.4 Å². The van der Waals surface area contributed by atoms with Gasteiger partial charge in [-0.1, -0.05) is 18.2 Å². The molecule has 35 heavy (non-hydrogen) atoms. The molecule has 0 radical (unpaired) electrons. The Morgan fingerprint density at radius 1 is 0.914 bits per heavy atom. The van der Waals surface area contributed by atoms with Gasteiger partial charge in [-0.3, -0.25) is 20.2 Å². The number of allylic oxidation sites excluding steroid dienone is 1. The summed E-state index contributed by atoms with van der Waals surface area (Å²) < 4.78 is 7.54. The van der Waals surface area contributed by atoms with Gasteiger partial charge in [0.25, 0.3) is 11.4 Å². The molecule has 0 fully saturated rings. The second-order valence-electron chi connectivity index (χ2n) is 7.36. The highest BCUT2D eigenvalue weighted by Gasteiger charge is 2.17. The third kappa shape index (κ3) is 4.96. The van der Waals surface area contributed by atoms with Crippen molar-refractivity contribution in [2.75, 3.05) is 0 Å². The van der Waals surface area contributed by atoms with Gasteiger partial charge in [-0.2, -0.15) is 0 Å². The van der Waals surface area contributed by atoms with Crippen LogP contribution in [-0.2, 0) is 11.3 Å². The van der Waals surface area contributed by atoms with Crippen LogP contribution in [0.15, 0.2) is 85.5 Å². The number of nitro groups is 2. The van der Waals surface area contributed by atoms with Gasteiger partial charge >= 0.3 is 5.97 Å². The molecule has 174 valence electrons. The van der Waals surface area contributed by atoms with Crippen LogP contribution in [0.4, 0.5) is 11.4 Å². The van der Waals surface area contributed by atoms with Crippen molar-refractivity contribution in [3.05, 3.63) is 123 Å². The first kappa shape index (κ1) is 23.1. The quantitative estimate of drug-likeness (QED) is 0.111. The lowest BCUT2D eigenvalue weighted by molar-refractivity contribution is -0.385. The minimum atomic E-state index is -0.754. The van der Waals surface area contributed by atoms with Crippen LogP contribution in [0.3, 0.4) is 0 Å². The number of nitrogens with zero attached hydrogens (tertiary/aromatic N) is 4. The lowest BCUT2D eigenvalue weighted by Crippen LogP contribution is -2.06. The molecule has 4 aromatic rings. The topological polar surface area (TPSA) is 130 Å². The number of imidazole rings is 1. The summed E-state index contributed by atoms with van der Waals surface area (Å²) >= 11 is 0. The summed E-state index contributed by atoms with van der Waals surface area (Å²) in [5, 5.41) is 22.0. The molecule has 0 aliphatic rings. The summed E-state index contributed by atoms with van der Waals surface area (Å²) in [4.78, 5) is 38.4. The molecular weight excluding hydrogens is 452 g/mol. The fourth-order valence-corrected chi connectivity index (χ4v) is 3.44. The highest BCUT2D eigenvalue weighted by atomic mass is 16.6. The zero-order chi connectivity index (χ0) is 24.9. The van der Waals surface area contributed by atoms with Crippen LogP contribution in [0.2, 0.25) is 0 Å². The molecule has 0 atom stereocenters. The fraction of sp³-hybridized carbons (Fsp3) is 0.0400. The monoisotopic (exact) mass is 470 g/mol. The smallest absolute Gasteiger partial charge is 0.343 e. The minimum Gasteiger partial charge on any atom is -0.422 e. The maximum absolute atomic E-state index is 12.9. The molecule has 4 rings (SSSR count). The Balaban J connectivity index is 1.78. The van der Waals surface area contributed by atoms with Gasteiger partial charge in [0.15, 0.2) is 0 Å². The average Bonchev–Trinajstić information content (AvgIpc) is 3.21. The van der Waals surface area contributed by atoms with Crippen molar-refractivity contribution in [2.24, 2.45) is 0 Å². The first-order valence-corrected chi connectivity index (χ1v) is 10.4. The summed E-state index contributed by atoms with van der Waals surface area (Å²) in [6.45, 7) is 4.23. The Bertz CT molecular complexity index is 1470. The molecule has 0 spiro atoms. The summed E-state index contributed by atoms with van der Waals surface area (Å²) in [5.41, 5.74) is 1.80. The van der Waals surface area contributed by atoms with Crippen molar-refractivity contribution in [2.45, 2.75) is 6.54 Å². The van der Waals surface area contributed by atoms with Crippen LogP contribution < -0.4 is 0 Å². The Morgan fingerprint density at radius 3 is 2.06 bits per heavy atom. The lowest BCUT2D eigenvalue weighted by Gasteiger charge is -2.10. The number of non-ortho nitro benzene ring substituents is 2. The number of aromatic nitrogens is 2. The summed E-state index contributed by atoms with van der Waals surface area (Å²) in [7, 11) is 0. The molecule has 0 bridgehead atoms. The van der Waals surface area contributed by atoms with Crippen molar-refractivity contribution in [1.82, 2.24) is 9.55 Å². The third-order valence-electron chi connectivity index (χ3n) is 5.14. The van der Waals surface area contributed by atoms with Crippen molar-refractivity contribution >= 4 is 40.2 Å². The van der Waals surface area contributed by atoms with E-state index in [1.807, 2.05) is 28.8 Å². The maximum Gasteiger partial charge on any atom is 0.343 e. The standard InChI is InChI=1S/C25H18N4O6/c1-2-15-27-22-6-4-3-5-21(22)26-24(27)16-23(17-7-11-19(12-8-17)28(31)32)35-25(30)18-9-13-20(14-10-18)29(33)34/h2-14,16H,1,15H2/b23-16-. The number of carbonyl (C=O) groups is 1. The number of hydrogen-bond donors (Lipinski definition) is 0. The Morgan fingerprint density at radius 2 is 1.49 bits per heavy atom. The number of fused-ring (bicyclic) bond motifs is 1. The van der Waals surface area contributed by atoms with E-state index in [-0.39, 0.29) is 22.7 Å². The second-order valence-corrected chi connectivity index (χ2v) is 7.36. The van der Waals surface area contributed by atoms with Gasteiger partial charge in [0.1, 0.15) is 11.6 Å². The highest BCUT2D eigenvalue weighted by molar-refractivity contribution is 5.95. The average molecular weight is 470 g/mol. The number of nitro benzene ring substituents is 2. The van der Waals surface area contributed by atoms with Crippen LogP contribution in [-0.4, -0.2) is 25.4 Å². The zero-order valence-corrected chi connectivity index (χ0v) is 18.2. The van der Waals surface area contributed by atoms with E-state index in [0.717, 1.165) is 11.0 Å². The van der Waals surface area contributed by atoms with Crippen LogP contribution in [0, 0.1) is 20.2 Å². The van der Waals surface area contributed by atoms with E-state index < -0.39 is 15.8 Å². The van der Waals surface area contributed by atoms with Gasteiger partial charge in [-0.25, -0.2) is 9.78 Å². The van der Waals surface area contributed by atoms with Crippen LogP contribution >= 0.6 is 0 Å². The molecule has 0 saturated carbocycles. The summed E-state index contributed by atoms with van der Waals surface area (Å²) in [6.07, 6.45) is 3.27. The predicted molar refractivity (Wildman–Crippen MR) is 129 cm³/mol. The summed E-state index contributed by atoms with van der Waals surface area (Å²) in [6, 6.07) is 18.0. The molecular formula is C25H18N4O6. The minimum absolute atomic E-state index is 0.100. The van der Waals surface area contributed by atoms with Gasteiger partial charge in [0.05, 0.1) is 26.4 Å². The third-order valence-corrected chi connectivity index (χ3v) is 5.14. The maximum atomic E-state index is 12.9. The highest BCUT2D eigenvalue weighted by Crippen LogP contribution is 2.26. The molecule has 0 N–H and O–H groups in total. The van der Waals surface area contributed by atoms with Crippen molar-refractivity contribution in [3.8, 4) is 0 Å². The number of para-hydroxylation sites is 2. The first-order chi connectivity index (χ1) is 16.9. The number of hydrogen-bond acceptors (Lipinski definition) is 7. The van der Waals surface area contributed by atoms with E-state index in [0.29, 0.717) is 17.9 Å². The van der Waals surface area contributed by atoms with Gasteiger partial charge < -0.3 is 9.30 Å². The number of ether oxygens (including phenoxy) is 1. The molecule has 0 unspecified atom stereocenters. The van der Waals surface area contributed by atoms with Crippen molar-refractivity contribution in [3.63, 3.8) is 0 Å². The Hall–Kier alpha value is -5.12. The molecule has 10 nitrogen and oxygen atoms in total. The van der Waals surface area contributed by atoms with Crippen molar-refractivity contribution < 1.29 is 19.4 Å². The number of esters is 1. The van der Waals surface area contributed by atoms with E-state index in [1.165, 1.54) is 48.5 Å². The predicted octanol–water partition coefficient (Wildman–Crippen LogP) is 5.39. The lowest BCUT2D eigenvalue weighted by atomic mass is 10.1. The molecule has 10 heteroatoms. The van der Waals surface area contributed by atoms with E-state index in [2.05, 4.69) is 11.6 Å². The molecule has 1 aromatic heterocycles. The normalized spacial score (nSPS) is 11.3. The second kappa shape index (κ2) is 9.79. The molecule has 0 aliphatic carbocycles. The number of carbonyl (C=O) groups excluding carboxylic acids is 1. The Labute approximate surface area is 198 Å². The van der Waals surface area contributed by atoms with Crippen molar-refractivity contribution in [1.29, 1.82) is 0 Å². The van der Waals surface area contributed by atoms with E-state index >= 15 is 0 Å². The van der Waals surface area contributed by atoms with E-state index in [4.69, 9.17) is 4.74 Å². The molecule has 0 aliphatic heterocycles. The molecule has 0 saturated heterocycles. The van der Waals surface area contributed by atoms with E-state index in [9.17, 15) is 25.0 Å². The fourth-order valence-electron chi connectivity index (χ4n) is 3.44. The van der Waals surface area contributed by atoms with Gasteiger partial charge in [-0.05, 0) is 36.4 Å². The molecule has 1 heterocycles. The Kier molecular flexibility index (Phi) is 6.45. The number of rotatable bonds is 8. The zero-order valence-electron chi connectivity index (χ0n) is 18.2. The van der Waals surface area contributed by atoms with Crippen LogP contribution in [0.5, 0.6) is 0 Å².